The van der Waals surface area contributed by atoms with E-state index in [1.807, 2.05) is 0 Å². The first-order chi connectivity index (χ1) is 8.81. The minimum Gasteiger partial charge on any atom is -0.399 e. The molecule has 1 rings (SSSR count). The van der Waals surface area contributed by atoms with Crippen LogP contribution in [0.15, 0.2) is 24.3 Å². The van der Waals surface area contributed by atoms with Crippen LogP contribution in [0.1, 0.15) is 5.56 Å². The highest BCUT2D eigenvalue weighted by Gasteiger charge is 2.13. The zero-order valence-electron chi connectivity index (χ0n) is 11.1. The number of sulfonamides is 1. The van der Waals surface area contributed by atoms with Crippen LogP contribution < -0.4 is 11.1 Å². The van der Waals surface area contributed by atoms with E-state index in [1.54, 1.807) is 24.3 Å². The van der Waals surface area contributed by atoms with Crippen LogP contribution in [-0.4, -0.2) is 45.0 Å². The highest BCUT2D eigenvalue weighted by molar-refractivity contribution is 7.89. The molecule has 0 aliphatic carbocycles. The zero-order valence-corrected chi connectivity index (χ0v) is 11.9. The van der Waals surface area contributed by atoms with Crippen molar-refractivity contribution in [3.05, 3.63) is 29.8 Å². The fourth-order valence-electron chi connectivity index (χ4n) is 1.39. The van der Waals surface area contributed by atoms with Crippen LogP contribution in [0.25, 0.3) is 0 Å². The number of nitrogen functional groups attached to an aromatic ring is 1. The van der Waals surface area contributed by atoms with Gasteiger partial charge in [-0.2, -0.15) is 0 Å². The third-order valence-electron chi connectivity index (χ3n) is 2.58. The summed E-state index contributed by atoms with van der Waals surface area (Å²) in [6, 6.07) is 6.98. The van der Waals surface area contributed by atoms with E-state index in [-0.39, 0.29) is 24.6 Å². The second-order valence-corrected chi connectivity index (χ2v) is 6.67. The molecule has 1 aromatic carbocycles. The van der Waals surface area contributed by atoms with Gasteiger partial charge in [-0.05, 0) is 17.7 Å². The van der Waals surface area contributed by atoms with Crippen molar-refractivity contribution in [1.82, 2.24) is 9.62 Å². The molecule has 6 nitrogen and oxygen atoms in total. The van der Waals surface area contributed by atoms with E-state index in [1.165, 1.54) is 14.1 Å². The molecule has 0 atom stereocenters. The fraction of sp³-hybridized carbons (Fsp3) is 0.417. The van der Waals surface area contributed by atoms with Crippen LogP contribution in [0.2, 0.25) is 0 Å². The van der Waals surface area contributed by atoms with Gasteiger partial charge in [0.15, 0.2) is 0 Å². The van der Waals surface area contributed by atoms with Crippen LogP contribution in [0.4, 0.5) is 5.69 Å². The molecule has 0 aliphatic rings. The van der Waals surface area contributed by atoms with E-state index in [4.69, 9.17) is 5.73 Å². The molecule has 7 heteroatoms. The third-order valence-corrected chi connectivity index (χ3v) is 4.42. The molecule has 1 amide bonds. The summed E-state index contributed by atoms with van der Waals surface area (Å²) in [6.07, 6.45) is 0.211. The first kappa shape index (κ1) is 15.5. The Morgan fingerprint density at radius 2 is 1.84 bits per heavy atom. The first-order valence-corrected chi connectivity index (χ1v) is 7.43. The van der Waals surface area contributed by atoms with Crippen LogP contribution in [-0.2, 0) is 21.2 Å². The average Bonchev–Trinajstić information content (AvgIpc) is 2.31. The Bertz CT molecular complexity index is 524. The van der Waals surface area contributed by atoms with Gasteiger partial charge in [-0.3, -0.25) is 4.79 Å². The van der Waals surface area contributed by atoms with Crippen molar-refractivity contribution in [1.29, 1.82) is 0 Å². The molecule has 1 aromatic rings. The number of nitrogens with two attached hydrogens (primary N) is 1. The van der Waals surface area contributed by atoms with Gasteiger partial charge in [-0.1, -0.05) is 12.1 Å². The molecule has 0 saturated carbocycles. The van der Waals surface area contributed by atoms with Crippen LogP contribution in [0.5, 0.6) is 0 Å². The van der Waals surface area contributed by atoms with Gasteiger partial charge in [0.25, 0.3) is 0 Å². The van der Waals surface area contributed by atoms with Gasteiger partial charge in [0, 0.05) is 26.3 Å². The molecule has 0 aromatic heterocycles. The van der Waals surface area contributed by atoms with E-state index >= 15 is 0 Å². The Kier molecular flexibility index (Phi) is 5.31. The molecule has 3 N–H and O–H groups in total. The lowest BCUT2D eigenvalue weighted by Gasteiger charge is -2.11. The molecule has 0 heterocycles. The molecule has 0 saturated heterocycles. The summed E-state index contributed by atoms with van der Waals surface area (Å²) in [4.78, 5) is 11.6. The van der Waals surface area contributed by atoms with Gasteiger partial charge in [0.2, 0.25) is 15.9 Å². The number of carbonyl (C=O) groups excluding carboxylic acids is 1. The van der Waals surface area contributed by atoms with Crippen molar-refractivity contribution >= 4 is 21.6 Å². The number of amides is 1. The number of rotatable bonds is 6. The summed E-state index contributed by atoms with van der Waals surface area (Å²) < 4.78 is 24.1. The van der Waals surface area contributed by atoms with Gasteiger partial charge in [-0.15, -0.1) is 0 Å². The average molecular weight is 285 g/mol. The Hall–Kier alpha value is -1.60. The second kappa shape index (κ2) is 6.53. The Morgan fingerprint density at radius 1 is 1.26 bits per heavy atom. The molecular weight excluding hydrogens is 266 g/mol. The molecule has 19 heavy (non-hydrogen) atoms. The van der Waals surface area contributed by atoms with Crippen molar-refractivity contribution in [2.45, 2.75) is 6.42 Å². The molecule has 0 radical (unpaired) electrons. The number of anilines is 1. The minimum atomic E-state index is -3.27. The molecule has 106 valence electrons. The van der Waals surface area contributed by atoms with Crippen LogP contribution in [0, 0.1) is 0 Å². The standard InChI is InChI=1S/C12H19N3O3S/c1-15(2)19(17,18)8-7-14-12(16)9-10-3-5-11(13)6-4-10/h3-6H,7-9,13H2,1-2H3,(H,14,16). The van der Waals surface area contributed by atoms with Gasteiger partial charge in [-0.25, -0.2) is 12.7 Å². The summed E-state index contributed by atoms with van der Waals surface area (Å²) in [5, 5.41) is 2.58. The number of hydrogen-bond acceptors (Lipinski definition) is 4. The van der Waals surface area contributed by atoms with Crippen LogP contribution in [0.3, 0.4) is 0 Å². The summed E-state index contributed by atoms with van der Waals surface area (Å²) in [5.41, 5.74) is 7.02. The fourth-order valence-corrected chi connectivity index (χ4v) is 2.11. The maximum Gasteiger partial charge on any atom is 0.224 e. The summed E-state index contributed by atoms with van der Waals surface area (Å²) in [6.45, 7) is 0.105. The molecule has 0 unspecified atom stereocenters. The number of hydrogen-bond donors (Lipinski definition) is 2. The number of carbonyl (C=O) groups is 1. The monoisotopic (exact) mass is 285 g/mol. The lowest BCUT2D eigenvalue weighted by molar-refractivity contribution is -0.120. The lowest BCUT2D eigenvalue weighted by atomic mass is 10.1. The Labute approximate surface area is 113 Å². The van der Waals surface area contributed by atoms with Gasteiger partial charge < -0.3 is 11.1 Å². The molecule has 0 bridgehead atoms. The van der Waals surface area contributed by atoms with Crippen molar-refractivity contribution in [2.24, 2.45) is 0 Å². The van der Waals surface area contributed by atoms with Crippen molar-refractivity contribution in [3.8, 4) is 0 Å². The SMILES string of the molecule is CN(C)S(=O)(=O)CCNC(=O)Cc1ccc(N)cc1. The Morgan fingerprint density at radius 3 is 2.37 bits per heavy atom. The van der Waals surface area contributed by atoms with E-state index in [0.717, 1.165) is 9.87 Å². The van der Waals surface area contributed by atoms with E-state index in [0.29, 0.717) is 5.69 Å². The maximum absolute atomic E-state index is 11.6. The van der Waals surface area contributed by atoms with Crippen molar-refractivity contribution in [2.75, 3.05) is 32.1 Å². The quantitative estimate of drug-likeness (QED) is 0.709. The highest BCUT2D eigenvalue weighted by atomic mass is 32.2. The van der Waals surface area contributed by atoms with Gasteiger partial charge in [0.1, 0.15) is 0 Å². The van der Waals surface area contributed by atoms with Gasteiger partial charge >= 0.3 is 0 Å². The number of nitrogens with zero attached hydrogens (tertiary/aromatic N) is 1. The number of benzene rings is 1. The predicted octanol–water partition coefficient (Wildman–Crippen LogP) is -0.181. The molecular formula is C12H19N3O3S. The maximum atomic E-state index is 11.6. The van der Waals surface area contributed by atoms with E-state index in [9.17, 15) is 13.2 Å². The topological polar surface area (TPSA) is 92.5 Å². The normalized spacial score (nSPS) is 11.5. The number of nitrogens with one attached hydrogen (secondary N) is 1. The lowest BCUT2D eigenvalue weighted by Crippen LogP contribution is -2.34. The Balaban J connectivity index is 2.39. The summed E-state index contributed by atoms with van der Waals surface area (Å²) in [7, 11) is -0.343. The minimum absolute atomic E-state index is 0.104. The zero-order chi connectivity index (χ0) is 14.5. The van der Waals surface area contributed by atoms with E-state index < -0.39 is 10.0 Å². The largest absolute Gasteiger partial charge is 0.399 e. The first-order valence-electron chi connectivity index (χ1n) is 5.82. The van der Waals surface area contributed by atoms with Gasteiger partial charge in [0.05, 0.1) is 12.2 Å². The van der Waals surface area contributed by atoms with Crippen molar-refractivity contribution < 1.29 is 13.2 Å². The van der Waals surface area contributed by atoms with E-state index in [2.05, 4.69) is 5.32 Å². The van der Waals surface area contributed by atoms with Crippen molar-refractivity contribution in [3.63, 3.8) is 0 Å². The highest BCUT2D eigenvalue weighted by Crippen LogP contribution is 2.05. The third kappa shape index (κ3) is 5.27. The molecule has 0 aliphatic heterocycles. The second-order valence-electron chi connectivity index (χ2n) is 4.37. The smallest absolute Gasteiger partial charge is 0.224 e. The molecule has 0 fully saturated rings. The summed E-state index contributed by atoms with van der Waals surface area (Å²) in [5.74, 6) is -0.313. The van der Waals surface area contributed by atoms with Crippen LogP contribution >= 0.6 is 0 Å². The summed E-state index contributed by atoms with van der Waals surface area (Å²) >= 11 is 0. The predicted molar refractivity (Wildman–Crippen MR) is 75.0 cm³/mol. The molecule has 0 spiro atoms.